The van der Waals surface area contributed by atoms with Gasteiger partial charge in [0, 0.05) is 0 Å². The number of hydrogen-bond acceptors (Lipinski definition) is 2. The first-order chi connectivity index (χ1) is 5.84. The van der Waals surface area contributed by atoms with E-state index in [1.807, 2.05) is 37.3 Å². The topological polar surface area (TPSA) is 21.6 Å². The van der Waals surface area contributed by atoms with Crippen LogP contribution in [0.5, 0.6) is 0 Å². The van der Waals surface area contributed by atoms with Gasteiger partial charge in [-0.3, -0.25) is 0 Å². The average molecular weight is 151 g/mol. The molecule has 0 unspecified atom stereocenters. The van der Waals surface area contributed by atoms with Crippen molar-refractivity contribution in [3.8, 4) is 0 Å². The predicted molar refractivity (Wildman–Crippen MR) is 45.7 cm³/mol. The van der Waals surface area contributed by atoms with E-state index in [0.29, 0.717) is 6.61 Å². The van der Waals surface area contributed by atoms with Crippen molar-refractivity contribution in [3.63, 3.8) is 0 Å². The number of benzene rings is 1. The van der Waals surface area contributed by atoms with Crippen LogP contribution in [0.15, 0.2) is 35.5 Å². The lowest BCUT2D eigenvalue weighted by molar-refractivity contribution is 0.160. The van der Waals surface area contributed by atoms with Crippen LogP contribution in [0.25, 0.3) is 0 Å². The Morgan fingerprint density at radius 1 is 1.55 bits per heavy atom. The minimum Gasteiger partial charge on any atom is -0.396 e. The Balaban J connectivity index is 2.71. The fraction of sp³-hybridized carbons (Fsp3) is 0.222. The predicted octanol–water partition coefficient (Wildman–Crippen LogP) is 2.06. The Kier molecular flexibility index (Phi) is 2.62. The van der Waals surface area contributed by atoms with E-state index in [1.54, 1.807) is 0 Å². The van der Waals surface area contributed by atoms with Crippen LogP contribution >= 0.6 is 0 Å². The highest BCUT2D eigenvalue weighted by Crippen LogP contribution is 1.93. The molecule has 0 amide bonds. The summed E-state index contributed by atoms with van der Waals surface area (Å²) in [5, 5.41) is 3.60. The second-order valence-corrected chi connectivity index (χ2v) is 1.99. The molecule has 0 aliphatic heterocycles. The molecule has 0 aliphatic rings. The van der Waals surface area contributed by atoms with Crippen molar-refractivity contribution >= 4 is 6.19 Å². The second-order valence-electron chi connectivity index (χ2n) is 1.99. The molecule has 1 aromatic carbocycles. The molecule has 0 atom stereocenters. The third-order valence-corrected chi connectivity index (χ3v) is 1.14. The van der Waals surface area contributed by atoms with E-state index in [9.17, 15) is 0 Å². The molecule has 2 nitrogen and oxygen atoms in total. The van der Waals surface area contributed by atoms with E-state index in [0.717, 1.165) is 5.56 Å². The van der Waals surface area contributed by atoms with Gasteiger partial charge in [0.15, 0.2) is 0 Å². The molecular formula is C9H11NO. The van der Waals surface area contributed by atoms with Gasteiger partial charge in [-0.1, -0.05) is 35.5 Å². The maximum Gasteiger partial charge on any atom is 0.114 e. The minimum atomic E-state index is 0.164. The van der Waals surface area contributed by atoms with Crippen molar-refractivity contribution in [1.82, 2.24) is 0 Å². The molecular weight excluding hydrogens is 138 g/mol. The summed E-state index contributed by atoms with van der Waals surface area (Å²) in [5.41, 5.74) is 0.769. The van der Waals surface area contributed by atoms with Gasteiger partial charge in [-0.25, -0.2) is 0 Å². The Morgan fingerprint density at radius 2 is 2.27 bits per heavy atom. The summed E-state index contributed by atoms with van der Waals surface area (Å²) in [6.07, 6.45) is 0.164. The Morgan fingerprint density at radius 3 is 2.91 bits per heavy atom. The monoisotopic (exact) mass is 151 g/mol. The van der Waals surface area contributed by atoms with Crippen LogP contribution < -0.4 is 0 Å². The molecule has 0 spiro atoms. The van der Waals surface area contributed by atoms with E-state index in [2.05, 4.69) is 5.16 Å². The molecule has 11 heavy (non-hydrogen) atoms. The molecule has 0 aliphatic carbocycles. The zero-order chi connectivity index (χ0) is 8.81. The SMILES string of the molecule is [3H]/C(=N/OCC)c1ccccc1. The van der Waals surface area contributed by atoms with Gasteiger partial charge in [0.05, 0.1) is 7.56 Å². The molecule has 0 radical (unpaired) electrons. The fourth-order valence-corrected chi connectivity index (χ4v) is 0.662. The lowest BCUT2D eigenvalue weighted by Crippen LogP contribution is -1.82. The average Bonchev–Trinajstić information content (AvgIpc) is 2.15. The molecule has 1 aromatic rings. The third kappa shape index (κ3) is 2.85. The van der Waals surface area contributed by atoms with Crippen LogP contribution in [0.1, 0.15) is 13.9 Å². The van der Waals surface area contributed by atoms with E-state index in [4.69, 9.17) is 6.21 Å². The van der Waals surface area contributed by atoms with Gasteiger partial charge in [0.2, 0.25) is 0 Å². The molecule has 0 bridgehead atoms. The molecule has 0 heterocycles. The van der Waals surface area contributed by atoms with Crippen molar-refractivity contribution in [2.45, 2.75) is 6.92 Å². The molecule has 0 saturated carbocycles. The molecule has 0 fully saturated rings. The summed E-state index contributed by atoms with van der Waals surface area (Å²) in [4.78, 5) is 4.75. The maximum absolute atomic E-state index is 7.44. The first-order valence-electron chi connectivity index (χ1n) is 4.06. The van der Waals surface area contributed by atoms with Crippen molar-refractivity contribution < 1.29 is 6.21 Å². The second kappa shape index (κ2) is 4.50. The smallest absolute Gasteiger partial charge is 0.114 e. The lowest BCUT2D eigenvalue weighted by atomic mass is 10.2. The highest BCUT2D eigenvalue weighted by Gasteiger charge is 1.81. The largest absolute Gasteiger partial charge is 0.396 e. The van der Waals surface area contributed by atoms with Gasteiger partial charge < -0.3 is 4.84 Å². The Bertz CT molecular complexity index is 258. The van der Waals surface area contributed by atoms with E-state index in [1.165, 1.54) is 0 Å². The number of rotatable bonds is 3. The Hall–Kier alpha value is -1.31. The van der Waals surface area contributed by atoms with Crippen LogP contribution in [0.2, 0.25) is 0 Å². The molecule has 2 heteroatoms. The summed E-state index contributed by atoms with van der Waals surface area (Å²) in [6.45, 7) is 2.33. The van der Waals surface area contributed by atoms with E-state index in [-0.39, 0.29) is 6.19 Å². The zero-order valence-electron chi connectivity index (χ0n) is 7.45. The van der Waals surface area contributed by atoms with E-state index < -0.39 is 0 Å². The standard InChI is InChI=1S/C9H11NO/c1-2-11-10-8-9-6-4-3-5-7-9/h3-8H,2H2,1H3/b10-8-/i8T. The summed E-state index contributed by atoms with van der Waals surface area (Å²) >= 11 is 0. The summed E-state index contributed by atoms with van der Waals surface area (Å²) < 4.78 is 7.44. The van der Waals surface area contributed by atoms with Crippen LogP contribution in [-0.4, -0.2) is 12.8 Å². The molecule has 0 N–H and O–H groups in total. The molecule has 1 rings (SSSR count). The van der Waals surface area contributed by atoms with Crippen LogP contribution in [-0.2, 0) is 4.84 Å². The van der Waals surface area contributed by atoms with E-state index >= 15 is 0 Å². The summed E-state index contributed by atoms with van der Waals surface area (Å²) in [7, 11) is 0. The highest BCUT2D eigenvalue weighted by atomic mass is 16.6. The number of hydrogen-bond donors (Lipinski definition) is 0. The van der Waals surface area contributed by atoms with Crippen molar-refractivity contribution in [3.05, 3.63) is 35.9 Å². The Labute approximate surface area is 67.9 Å². The quantitative estimate of drug-likeness (QED) is 0.478. The third-order valence-electron chi connectivity index (χ3n) is 1.14. The van der Waals surface area contributed by atoms with Gasteiger partial charge in [-0.05, 0) is 12.5 Å². The zero-order valence-corrected chi connectivity index (χ0v) is 6.45. The highest BCUT2D eigenvalue weighted by molar-refractivity contribution is 5.78. The van der Waals surface area contributed by atoms with Gasteiger partial charge >= 0.3 is 0 Å². The van der Waals surface area contributed by atoms with Gasteiger partial charge in [0.25, 0.3) is 0 Å². The first kappa shape index (κ1) is 6.40. The van der Waals surface area contributed by atoms with Crippen LogP contribution in [0.4, 0.5) is 0 Å². The first-order valence-corrected chi connectivity index (χ1v) is 3.56. The van der Waals surface area contributed by atoms with Gasteiger partial charge in [0.1, 0.15) is 6.61 Å². The molecule has 58 valence electrons. The summed E-state index contributed by atoms with van der Waals surface area (Å²) in [5.74, 6) is 0. The maximum atomic E-state index is 7.44. The van der Waals surface area contributed by atoms with Gasteiger partial charge in [-0.15, -0.1) is 0 Å². The summed E-state index contributed by atoms with van der Waals surface area (Å²) in [6, 6.07) is 9.28. The lowest BCUT2D eigenvalue weighted by Gasteiger charge is -1.91. The normalized spacial score (nSPS) is 12.5. The van der Waals surface area contributed by atoms with Crippen LogP contribution in [0.3, 0.4) is 0 Å². The van der Waals surface area contributed by atoms with Crippen LogP contribution in [0, 0.1) is 0 Å². The number of oxime groups is 1. The van der Waals surface area contributed by atoms with Crippen molar-refractivity contribution in [2.75, 3.05) is 6.61 Å². The number of nitrogens with zero attached hydrogens (tertiary/aromatic N) is 1. The fourth-order valence-electron chi connectivity index (χ4n) is 0.662. The van der Waals surface area contributed by atoms with Gasteiger partial charge in [-0.2, -0.15) is 0 Å². The van der Waals surface area contributed by atoms with Crippen molar-refractivity contribution in [2.24, 2.45) is 5.16 Å². The molecule has 0 saturated heterocycles. The molecule has 0 aromatic heterocycles. The van der Waals surface area contributed by atoms with Crippen molar-refractivity contribution in [1.29, 1.82) is 0 Å². The minimum absolute atomic E-state index is 0.164.